The SMILES string of the molecule is CC(C)OC(=O)C(N)CC(N)=O. The molecule has 0 saturated carbocycles. The van der Waals surface area contributed by atoms with Crippen LogP contribution < -0.4 is 11.5 Å². The smallest absolute Gasteiger partial charge is 0.323 e. The van der Waals surface area contributed by atoms with Crippen LogP contribution in [0.15, 0.2) is 0 Å². The predicted molar refractivity (Wildman–Crippen MR) is 43.0 cm³/mol. The molecule has 0 saturated heterocycles. The molecular weight excluding hydrogens is 160 g/mol. The van der Waals surface area contributed by atoms with Crippen molar-refractivity contribution < 1.29 is 14.3 Å². The van der Waals surface area contributed by atoms with E-state index in [1.54, 1.807) is 13.8 Å². The molecule has 0 radical (unpaired) electrons. The molecule has 5 heteroatoms. The zero-order valence-electron chi connectivity index (χ0n) is 7.24. The molecule has 0 rings (SSSR count). The highest BCUT2D eigenvalue weighted by Crippen LogP contribution is 1.95. The van der Waals surface area contributed by atoms with Crippen molar-refractivity contribution in [3.05, 3.63) is 0 Å². The van der Waals surface area contributed by atoms with Crippen molar-refractivity contribution in [2.45, 2.75) is 32.4 Å². The summed E-state index contributed by atoms with van der Waals surface area (Å²) in [6.07, 6.45) is -0.401. The highest BCUT2D eigenvalue weighted by molar-refractivity contribution is 5.84. The molecule has 0 aliphatic rings. The molecule has 0 fully saturated rings. The third-order valence-electron chi connectivity index (χ3n) is 1.08. The van der Waals surface area contributed by atoms with Gasteiger partial charge in [-0.05, 0) is 13.8 Å². The van der Waals surface area contributed by atoms with Gasteiger partial charge in [-0.2, -0.15) is 0 Å². The van der Waals surface area contributed by atoms with Crippen LogP contribution in [0.4, 0.5) is 0 Å². The number of carbonyl (C=O) groups is 2. The lowest BCUT2D eigenvalue weighted by Crippen LogP contribution is -2.37. The Balaban J connectivity index is 3.85. The first kappa shape index (κ1) is 10.9. The van der Waals surface area contributed by atoms with Crippen LogP contribution in [0.1, 0.15) is 20.3 Å². The molecule has 0 bridgehead atoms. The summed E-state index contributed by atoms with van der Waals surface area (Å²) < 4.78 is 4.74. The Morgan fingerprint density at radius 1 is 1.42 bits per heavy atom. The van der Waals surface area contributed by atoms with Gasteiger partial charge < -0.3 is 16.2 Å². The Kier molecular flexibility index (Phi) is 4.28. The molecule has 70 valence electrons. The Bertz CT molecular complexity index is 179. The van der Waals surface area contributed by atoms with Crippen molar-refractivity contribution in [3.8, 4) is 0 Å². The maximum Gasteiger partial charge on any atom is 0.323 e. The molecule has 4 N–H and O–H groups in total. The zero-order valence-corrected chi connectivity index (χ0v) is 7.24. The fourth-order valence-corrected chi connectivity index (χ4v) is 0.620. The van der Waals surface area contributed by atoms with Gasteiger partial charge in [0.05, 0.1) is 12.5 Å². The van der Waals surface area contributed by atoms with Gasteiger partial charge in [-0.15, -0.1) is 0 Å². The van der Waals surface area contributed by atoms with Gasteiger partial charge in [-0.1, -0.05) is 0 Å². The first-order valence-electron chi connectivity index (χ1n) is 3.68. The quantitative estimate of drug-likeness (QED) is 0.542. The molecule has 0 aromatic carbocycles. The van der Waals surface area contributed by atoms with Crippen molar-refractivity contribution in [3.63, 3.8) is 0 Å². The van der Waals surface area contributed by atoms with Crippen LogP contribution in [0, 0.1) is 0 Å². The summed E-state index contributed by atoms with van der Waals surface area (Å²) in [4.78, 5) is 21.3. The molecule has 0 spiro atoms. The maximum absolute atomic E-state index is 10.9. The average Bonchev–Trinajstić information content (AvgIpc) is 1.84. The van der Waals surface area contributed by atoms with E-state index in [1.165, 1.54) is 0 Å². The third kappa shape index (κ3) is 4.68. The average molecular weight is 174 g/mol. The van der Waals surface area contributed by atoms with E-state index in [2.05, 4.69) is 0 Å². The molecule has 12 heavy (non-hydrogen) atoms. The fraction of sp³-hybridized carbons (Fsp3) is 0.714. The van der Waals surface area contributed by atoms with E-state index in [4.69, 9.17) is 16.2 Å². The minimum atomic E-state index is -0.940. The second kappa shape index (κ2) is 4.71. The molecule has 1 unspecified atom stereocenters. The van der Waals surface area contributed by atoms with Crippen molar-refractivity contribution in [1.29, 1.82) is 0 Å². The van der Waals surface area contributed by atoms with Crippen molar-refractivity contribution in [1.82, 2.24) is 0 Å². The van der Waals surface area contributed by atoms with E-state index in [-0.39, 0.29) is 12.5 Å². The minimum absolute atomic E-state index is 0.175. The van der Waals surface area contributed by atoms with Crippen LogP contribution >= 0.6 is 0 Å². The van der Waals surface area contributed by atoms with E-state index in [9.17, 15) is 9.59 Å². The lowest BCUT2D eigenvalue weighted by atomic mass is 10.2. The summed E-state index contributed by atoms with van der Waals surface area (Å²) in [5, 5.41) is 0. The van der Waals surface area contributed by atoms with Crippen molar-refractivity contribution in [2.24, 2.45) is 11.5 Å². The van der Waals surface area contributed by atoms with Crippen LogP contribution in [0.3, 0.4) is 0 Å². The van der Waals surface area contributed by atoms with E-state index in [0.717, 1.165) is 0 Å². The highest BCUT2D eigenvalue weighted by Gasteiger charge is 2.18. The molecule has 0 aliphatic carbocycles. The summed E-state index contributed by atoms with van der Waals surface area (Å²) in [5.74, 6) is -1.20. The molecular formula is C7H14N2O3. The fourth-order valence-electron chi connectivity index (χ4n) is 0.620. The Morgan fingerprint density at radius 3 is 2.25 bits per heavy atom. The van der Waals surface area contributed by atoms with Gasteiger partial charge in [-0.3, -0.25) is 9.59 Å². The van der Waals surface area contributed by atoms with Crippen LogP contribution in [-0.4, -0.2) is 24.0 Å². The predicted octanol–water partition coefficient (Wildman–Crippen LogP) is -0.859. The number of primary amides is 1. The topological polar surface area (TPSA) is 95.4 Å². The summed E-state index contributed by atoms with van der Waals surface area (Å²) in [7, 11) is 0. The second-order valence-corrected chi connectivity index (χ2v) is 2.76. The number of hydrogen-bond acceptors (Lipinski definition) is 4. The molecule has 5 nitrogen and oxygen atoms in total. The van der Waals surface area contributed by atoms with Gasteiger partial charge >= 0.3 is 5.97 Å². The lowest BCUT2D eigenvalue weighted by molar-refractivity contribution is -0.150. The summed E-state index contributed by atoms with van der Waals surface area (Å²) >= 11 is 0. The zero-order chi connectivity index (χ0) is 9.72. The lowest BCUT2D eigenvalue weighted by Gasteiger charge is -2.11. The van der Waals surface area contributed by atoms with E-state index >= 15 is 0 Å². The van der Waals surface area contributed by atoms with Crippen LogP contribution in [-0.2, 0) is 14.3 Å². The van der Waals surface area contributed by atoms with Crippen LogP contribution in [0.2, 0.25) is 0 Å². The molecule has 0 heterocycles. The van der Waals surface area contributed by atoms with Crippen LogP contribution in [0.25, 0.3) is 0 Å². The summed E-state index contributed by atoms with van der Waals surface area (Å²) in [5.41, 5.74) is 10.1. The summed E-state index contributed by atoms with van der Waals surface area (Å²) in [6, 6.07) is -0.940. The van der Waals surface area contributed by atoms with Gasteiger partial charge in [0.1, 0.15) is 6.04 Å². The maximum atomic E-state index is 10.9. The first-order chi connectivity index (χ1) is 5.43. The largest absolute Gasteiger partial charge is 0.462 e. The third-order valence-corrected chi connectivity index (χ3v) is 1.08. The Hall–Kier alpha value is -1.10. The van der Waals surface area contributed by atoms with Gasteiger partial charge in [0.25, 0.3) is 0 Å². The number of rotatable bonds is 4. The number of carbonyl (C=O) groups excluding carboxylic acids is 2. The standard InChI is InChI=1S/C7H14N2O3/c1-4(2)12-7(11)5(8)3-6(9)10/h4-5H,3,8H2,1-2H3,(H2,9,10). The van der Waals surface area contributed by atoms with E-state index in [0.29, 0.717) is 0 Å². The molecule has 1 atom stereocenters. The van der Waals surface area contributed by atoms with Gasteiger partial charge in [-0.25, -0.2) is 0 Å². The van der Waals surface area contributed by atoms with Gasteiger partial charge in [0.2, 0.25) is 5.91 Å². The second-order valence-electron chi connectivity index (χ2n) is 2.76. The molecule has 0 aliphatic heterocycles. The Morgan fingerprint density at radius 2 is 1.92 bits per heavy atom. The molecule has 0 aromatic heterocycles. The van der Waals surface area contributed by atoms with Gasteiger partial charge in [0, 0.05) is 0 Å². The number of amides is 1. The highest BCUT2D eigenvalue weighted by atomic mass is 16.5. The van der Waals surface area contributed by atoms with Crippen molar-refractivity contribution in [2.75, 3.05) is 0 Å². The minimum Gasteiger partial charge on any atom is -0.462 e. The van der Waals surface area contributed by atoms with Crippen LogP contribution in [0.5, 0.6) is 0 Å². The van der Waals surface area contributed by atoms with Crippen molar-refractivity contribution >= 4 is 11.9 Å². The molecule has 1 amide bonds. The monoisotopic (exact) mass is 174 g/mol. The van der Waals surface area contributed by atoms with E-state index < -0.39 is 17.9 Å². The summed E-state index contributed by atoms with van der Waals surface area (Å²) in [6.45, 7) is 3.41. The molecule has 0 aromatic rings. The first-order valence-corrected chi connectivity index (χ1v) is 3.68. The Labute approximate surface area is 71.0 Å². The number of nitrogens with two attached hydrogens (primary N) is 2. The van der Waals surface area contributed by atoms with Gasteiger partial charge in [0.15, 0.2) is 0 Å². The number of hydrogen-bond donors (Lipinski definition) is 2. The van der Waals surface area contributed by atoms with E-state index in [1.807, 2.05) is 0 Å². The number of esters is 1. The number of ether oxygens (including phenoxy) is 1. The normalized spacial score (nSPS) is 12.7.